The number of aliphatic hydroxyl groups excluding tert-OH is 1. The first-order valence-corrected chi connectivity index (χ1v) is 12.2. The molecule has 8 heteroatoms. The molecule has 1 aliphatic rings. The Morgan fingerprint density at radius 3 is 1.95 bits per heavy atom. The molecule has 37 heavy (non-hydrogen) atoms. The van der Waals surface area contributed by atoms with Crippen molar-refractivity contribution in [2.45, 2.75) is 19.4 Å². The molecule has 0 radical (unpaired) electrons. The van der Waals surface area contributed by atoms with Crippen molar-refractivity contribution in [3.8, 4) is 0 Å². The Labute approximate surface area is 231 Å². The average molecular weight is 545 g/mol. The zero-order valence-electron chi connectivity index (χ0n) is 21.1. The third kappa shape index (κ3) is 8.12. The van der Waals surface area contributed by atoms with E-state index in [9.17, 15) is 15.2 Å². The summed E-state index contributed by atoms with van der Waals surface area (Å²) in [6.45, 7) is 5.37. The molecule has 6 nitrogen and oxygen atoms in total. The number of aliphatic hydroxyl groups is 1. The summed E-state index contributed by atoms with van der Waals surface area (Å²) in [5.74, 6) is 0. The van der Waals surface area contributed by atoms with Gasteiger partial charge in [0.2, 0.25) is 0 Å². The molecular formula is C29H35Cl2N3O3. The highest BCUT2D eigenvalue weighted by Crippen LogP contribution is 2.36. The zero-order chi connectivity index (χ0) is 24.6. The predicted molar refractivity (Wildman–Crippen MR) is 155 cm³/mol. The van der Waals surface area contributed by atoms with Gasteiger partial charge in [-0.15, -0.1) is 24.8 Å². The van der Waals surface area contributed by atoms with Gasteiger partial charge >= 0.3 is 0 Å². The summed E-state index contributed by atoms with van der Waals surface area (Å²) in [4.78, 5) is 15.7. The summed E-state index contributed by atoms with van der Waals surface area (Å²) in [5, 5.41) is 20.8. The summed E-state index contributed by atoms with van der Waals surface area (Å²) in [6.07, 6.45) is 1.35. The number of nitrogens with zero attached hydrogens (tertiary/aromatic N) is 3. The smallest absolute Gasteiger partial charge is 0.269 e. The summed E-state index contributed by atoms with van der Waals surface area (Å²) in [7, 11) is 2.17. The molecule has 1 fully saturated rings. The Morgan fingerprint density at radius 1 is 0.838 bits per heavy atom. The van der Waals surface area contributed by atoms with Gasteiger partial charge in [0.15, 0.2) is 0 Å². The summed E-state index contributed by atoms with van der Waals surface area (Å²) >= 11 is 0. The van der Waals surface area contributed by atoms with Crippen LogP contribution in [0.1, 0.15) is 35.1 Å². The minimum absolute atomic E-state index is 0. The van der Waals surface area contributed by atoms with Crippen LogP contribution in [0.5, 0.6) is 0 Å². The molecule has 0 saturated carbocycles. The molecule has 0 bridgehead atoms. The molecule has 0 amide bonds. The van der Waals surface area contributed by atoms with Crippen LogP contribution in [0.3, 0.4) is 0 Å². The number of hydrogen-bond acceptors (Lipinski definition) is 5. The van der Waals surface area contributed by atoms with E-state index in [1.54, 1.807) is 12.1 Å². The second-order valence-corrected chi connectivity index (χ2v) is 9.13. The number of likely N-dealkylation sites (N-methyl/N-ethyl adjacent to an activating group) is 1. The molecule has 0 atom stereocenters. The highest BCUT2D eigenvalue weighted by Gasteiger charge is 2.17. The first kappa shape index (κ1) is 30.5. The lowest BCUT2D eigenvalue weighted by atomic mass is 9.87. The lowest BCUT2D eigenvalue weighted by Gasteiger charge is -2.32. The Morgan fingerprint density at radius 2 is 1.41 bits per heavy atom. The summed E-state index contributed by atoms with van der Waals surface area (Å²) in [6, 6.07) is 25.7. The minimum Gasteiger partial charge on any atom is -0.396 e. The molecule has 0 aromatic heterocycles. The van der Waals surface area contributed by atoms with Gasteiger partial charge in [0.25, 0.3) is 5.69 Å². The number of benzene rings is 3. The summed E-state index contributed by atoms with van der Waals surface area (Å²) < 4.78 is 0. The van der Waals surface area contributed by atoms with Gasteiger partial charge in [-0.05, 0) is 65.4 Å². The van der Waals surface area contributed by atoms with Crippen LogP contribution < -0.4 is 0 Å². The van der Waals surface area contributed by atoms with Gasteiger partial charge in [0, 0.05) is 51.5 Å². The van der Waals surface area contributed by atoms with Crippen molar-refractivity contribution in [2.24, 2.45) is 0 Å². The maximum Gasteiger partial charge on any atom is 0.269 e. The second-order valence-electron chi connectivity index (χ2n) is 9.13. The number of nitro benzene ring substituents is 1. The monoisotopic (exact) mass is 543 g/mol. The van der Waals surface area contributed by atoms with E-state index in [0.717, 1.165) is 60.6 Å². The minimum atomic E-state index is -0.371. The number of hydrogen-bond donors (Lipinski definition) is 1. The largest absolute Gasteiger partial charge is 0.396 e. The first-order chi connectivity index (χ1) is 17.0. The molecular weight excluding hydrogens is 509 g/mol. The lowest BCUT2D eigenvalue weighted by molar-refractivity contribution is -0.384. The third-order valence-electron chi connectivity index (χ3n) is 6.62. The van der Waals surface area contributed by atoms with Gasteiger partial charge in [-0.25, -0.2) is 0 Å². The van der Waals surface area contributed by atoms with Crippen molar-refractivity contribution in [3.63, 3.8) is 0 Å². The maximum atomic E-state index is 11.2. The van der Waals surface area contributed by atoms with Crippen molar-refractivity contribution in [2.75, 3.05) is 39.8 Å². The van der Waals surface area contributed by atoms with Crippen molar-refractivity contribution < 1.29 is 10.0 Å². The molecule has 1 aliphatic heterocycles. The quantitative estimate of drug-likeness (QED) is 0.206. The van der Waals surface area contributed by atoms with Crippen molar-refractivity contribution in [1.82, 2.24) is 9.80 Å². The van der Waals surface area contributed by atoms with Crippen molar-refractivity contribution >= 4 is 41.6 Å². The normalized spacial score (nSPS) is 14.8. The fourth-order valence-electron chi connectivity index (χ4n) is 4.61. The molecule has 3 aromatic carbocycles. The van der Waals surface area contributed by atoms with Crippen LogP contribution in [-0.4, -0.2) is 59.7 Å². The summed E-state index contributed by atoms with van der Waals surface area (Å²) in [5.41, 5.74) is 6.61. The van der Waals surface area contributed by atoms with Gasteiger partial charge in [-0.1, -0.05) is 54.6 Å². The van der Waals surface area contributed by atoms with Gasteiger partial charge in [-0.3, -0.25) is 15.0 Å². The number of non-ortho nitro benzene ring substituents is 1. The van der Waals surface area contributed by atoms with Gasteiger partial charge in [0.1, 0.15) is 0 Å². The van der Waals surface area contributed by atoms with E-state index in [1.165, 1.54) is 5.56 Å². The van der Waals surface area contributed by atoms with Crippen LogP contribution in [0, 0.1) is 10.1 Å². The molecule has 1 saturated heterocycles. The molecule has 0 aliphatic carbocycles. The number of allylic oxidation sites excluding steroid dienone is 1. The van der Waals surface area contributed by atoms with E-state index in [-0.39, 0.29) is 42.0 Å². The molecule has 198 valence electrons. The highest BCUT2D eigenvalue weighted by molar-refractivity contribution is 5.98. The fourth-order valence-corrected chi connectivity index (χ4v) is 4.61. The third-order valence-corrected chi connectivity index (χ3v) is 6.62. The van der Waals surface area contributed by atoms with Crippen molar-refractivity contribution in [3.05, 3.63) is 111 Å². The van der Waals surface area contributed by atoms with Crippen LogP contribution in [0.25, 0.3) is 11.1 Å². The highest BCUT2D eigenvalue weighted by atomic mass is 35.5. The molecule has 0 spiro atoms. The fraction of sp³-hybridized carbons (Fsp3) is 0.310. The van der Waals surface area contributed by atoms with E-state index in [1.807, 2.05) is 30.3 Å². The molecule has 1 N–H and O–H groups in total. The van der Waals surface area contributed by atoms with Crippen LogP contribution in [0.15, 0.2) is 78.9 Å². The van der Waals surface area contributed by atoms with E-state index >= 15 is 0 Å². The first-order valence-electron chi connectivity index (χ1n) is 12.2. The van der Waals surface area contributed by atoms with Crippen LogP contribution >= 0.6 is 24.8 Å². The average Bonchev–Trinajstić information content (AvgIpc) is 2.89. The van der Waals surface area contributed by atoms with Gasteiger partial charge in [-0.2, -0.15) is 0 Å². The molecule has 4 rings (SSSR count). The number of piperazine rings is 1. The predicted octanol–water partition coefficient (Wildman–Crippen LogP) is 5.92. The van der Waals surface area contributed by atoms with Crippen LogP contribution in [0.2, 0.25) is 0 Å². The molecule has 1 heterocycles. The Balaban J connectivity index is 0.00000241. The standard InChI is InChI=1S/C29H33N3O3.2ClH/c1-30-17-19-31(20-18-30)22-23-9-11-25(12-10-23)29(26-13-15-27(16-14-26)32(34)35)28(8-5-21-33)24-6-3-2-4-7-24;;/h2-4,6-7,9-16,33H,5,8,17-22H2,1H3;2*1H/b29-28+;;. The number of nitro groups is 1. The number of rotatable bonds is 9. The second kappa shape index (κ2) is 14.9. The maximum absolute atomic E-state index is 11.2. The topological polar surface area (TPSA) is 69.8 Å². The zero-order valence-corrected chi connectivity index (χ0v) is 22.7. The van der Waals surface area contributed by atoms with E-state index < -0.39 is 0 Å². The molecule has 3 aromatic rings. The van der Waals surface area contributed by atoms with Crippen LogP contribution in [-0.2, 0) is 6.54 Å². The van der Waals surface area contributed by atoms with E-state index in [2.05, 4.69) is 53.2 Å². The van der Waals surface area contributed by atoms with Crippen molar-refractivity contribution in [1.29, 1.82) is 0 Å². The van der Waals surface area contributed by atoms with E-state index in [4.69, 9.17) is 0 Å². The Hall–Kier alpha value is -2.74. The SMILES string of the molecule is CN1CCN(Cc2ccc(/C(=C(/CCCO)c3ccccc3)c3ccc([N+](=O)[O-])cc3)cc2)CC1.Cl.Cl. The lowest BCUT2D eigenvalue weighted by Crippen LogP contribution is -2.43. The van der Waals surface area contributed by atoms with Gasteiger partial charge in [0.05, 0.1) is 4.92 Å². The molecule has 0 unspecified atom stereocenters. The Bertz CT molecular complexity index is 1150. The van der Waals surface area contributed by atoms with Gasteiger partial charge < -0.3 is 10.0 Å². The van der Waals surface area contributed by atoms with Crippen LogP contribution in [0.4, 0.5) is 5.69 Å². The number of halogens is 2. The van der Waals surface area contributed by atoms with E-state index in [0.29, 0.717) is 12.8 Å². The Kier molecular flexibility index (Phi) is 12.2.